The number of carbonyl (C=O) groups excluding carboxylic acids is 2. The first-order chi connectivity index (χ1) is 20.3. The molecular formula is C32H47FN4O5. The molecule has 2 heterocycles. The lowest BCUT2D eigenvalue weighted by molar-refractivity contribution is -0.131. The highest BCUT2D eigenvalue weighted by Gasteiger charge is 2.24. The molecule has 1 aliphatic rings. The second kappa shape index (κ2) is 17.8. The quantitative estimate of drug-likeness (QED) is 0.391. The number of aliphatic hydroxyl groups is 1. The Morgan fingerprint density at radius 3 is 2.76 bits per heavy atom. The first-order valence-electron chi connectivity index (χ1n) is 15.1. The summed E-state index contributed by atoms with van der Waals surface area (Å²) in [5.74, 6) is -0.308. The molecule has 3 rings (SSSR count). The molecule has 1 aromatic carbocycles. The summed E-state index contributed by atoms with van der Waals surface area (Å²) in [6.07, 6.45) is 6.10. The molecule has 10 heteroatoms. The van der Waals surface area contributed by atoms with Gasteiger partial charge in [0.1, 0.15) is 11.6 Å². The van der Waals surface area contributed by atoms with Crippen LogP contribution >= 0.6 is 0 Å². The number of fused-ring (bicyclic) bond motifs is 2. The zero-order chi connectivity index (χ0) is 30.3. The van der Waals surface area contributed by atoms with Crippen molar-refractivity contribution in [1.82, 2.24) is 20.5 Å². The molecule has 0 spiro atoms. The molecule has 0 aliphatic carbocycles. The maximum absolute atomic E-state index is 14.7. The van der Waals surface area contributed by atoms with E-state index in [-0.39, 0.29) is 43.5 Å². The van der Waals surface area contributed by atoms with Crippen LogP contribution in [-0.2, 0) is 33.7 Å². The third-order valence-electron chi connectivity index (χ3n) is 7.48. The van der Waals surface area contributed by atoms with E-state index in [1.54, 1.807) is 19.4 Å². The van der Waals surface area contributed by atoms with E-state index >= 15 is 0 Å². The van der Waals surface area contributed by atoms with Gasteiger partial charge in [-0.15, -0.1) is 0 Å². The highest BCUT2D eigenvalue weighted by atomic mass is 19.1. The van der Waals surface area contributed by atoms with Gasteiger partial charge >= 0.3 is 0 Å². The Morgan fingerprint density at radius 1 is 1.19 bits per heavy atom. The van der Waals surface area contributed by atoms with Gasteiger partial charge in [-0.2, -0.15) is 0 Å². The molecular weight excluding hydrogens is 539 g/mol. The zero-order valence-corrected chi connectivity index (χ0v) is 25.2. The Hall–Kier alpha value is -3.08. The van der Waals surface area contributed by atoms with Crippen molar-refractivity contribution in [2.24, 2.45) is 5.92 Å². The summed E-state index contributed by atoms with van der Waals surface area (Å²) in [5, 5.41) is 17.3. The van der Waals surface area contributed by atoms with E-state index in [0.717, 1.165) is 24.0 Å². The van der Waals surface area contributed by atoms with Crippen molar-refractivity contribution >= 4 is 11.8 Å². The summed E-state index contributed by atoms with van der Waals surface area (Å²) in [6.45, 7) is 6.78. The molecule has 2 bridgehead atoms. The molecule has 0 fully saturated rings. The predicted molar refractivity (Wildman–Crippen MR) is 160 cm³/mol. The second-order valence-electron chi connectivity index (χ2n) is 11.1. The molecule has 42 heavy (non-hydrogen) atoms. The number of hydrogen-bond donors (Lipinski definition) is 3. The fraction of sp³-hybridized carbons (Fsp3) is 0.594. The summed E-state index contributed by atoms with van der Waals surface area (Å²) >= 11 is 0. The molecule has 0 saturated heterocycles. The number of benzene rings is 1. The fourth-order valence-electron chi connectivity index (χ4n) is 5.17. The molecule has 3 N–H and O–H groups in total. The van der Waals surface area contributed by atoms with Gasteiger partial charge in [0.05, 0.1) is 25.4 Å². The van der Waals surface area contributed by atoms with E-state index in [1.807, 2.05) is 18.0 Å². The molecule has 2 amide bonds. The van der Waals surface area contributed by atoms with Crippen molar-refractivity contribution in [2.75, 3.05) is 40.0 Å². The van der Waals surface area contributed by atoms with Crippen LogP contribution in [0.4, 0.5) is 4.39 Å². The smallest absolute Gasteiger partial charge is 0.222 e. The lowest BCUT2D eigenvalue weighted by Gasteiger charge is -2.25. The van der Waals surface area contributed by atoms with E-state index < -0.39 is 18.0 Å². The summed E-state index contributed by atoms with van der Waals surface area (Å²) < 4.78 is 26.0. The molecule has 0 saturated carbocycles. The van der Waals surface area contributed by atoms with Crippen molar-refractivity contribution in [3.63, 3.8) is 0 Å². The van der Waals surface area contributed by atoms with Crippen LogP contribution in [0.1, 0.15) is 62.6 Å². The van der Waals surface area contributed by atoms with Crippen LogP contribution in [0.15, 0.2) is 36.7 Å². The highest BCUT2D eigenvalue weighted by Crippen LogP contribution is 2.21. The van der Waals surface area contributed by atoms with E-state index in [4.69, 9.17) is 9.47 Å². The van der Waals surface area contributed by atoms with Crippen LogP contribution in [0.25, 0.3) is 0 Å². The number of aromatic nitrogens is 1. The monoisotopic (exact) mass is 586 g/mol. The maximum atomic E-state index is 14.7. The summed E-state index contributed by atoms with van der Waals surface area (Å²) in [6, 6.07) is 5.87. The van der Waals surface area contributed by atoms with Crippen LogP contribution in [0, 0.1) is 11.7 Å². The van der Waals surface area contributed by atoms with Crippen molar-refractivity contribution in [3.8, 4) is 5.75 Å². The van der Waals surface area contributed by atoms with E-state index in [2.05, 4.69) is 28.6 Å². The Labute approximate surface area is 249 Å². The average molecular weight is 587 g/mol. The molecule has 0 radical (unpaired) electrons. The summed E-state index contributed by atoms with van der Waals surface area (Å²) in [7, 11) is 1.63. The first kappa shape index (κ1) is 33.4. The van der Waals surface area contributed by atoms with Gasteiger partial charge in [0, 0.05) is 70.5 Å². The van der Waals surface area contributed by atoms with Gasteiger partial charge in [0.25, 0.3) is 0 Å². The van der Waals surface area contributed by atoms with Crippen LogP contribution < -0.4 is 15.4 Å². The van der Waals surface area contributed by atoms with Crippen LogP contribution in [0.3, 0.4) is 0 Å². The maximum Gasteiger partial charge on any atom is 0.222 e. The third-order valence-corrected chi connectivity index (χ3v) is 7.48. The lowest BCUT2D eigenvalue weighted by Crippen LogP contribution is -2.48. The van der Waals surface area contributed by atoms with Gasteiger partial charge in [0.15, 0.2) is 0 Å². The topological polar surface area (TPSA) is 113 Å². The number of aliphatic hydroxyl groups excluding tert-OH is 1. The van der Waals surface area contributed by atoms with Crippen molar-refractivity contribution in [3.05, 3.63) is 59.2 Å². The van der Waals surface area contributed by atoms with Crippen molar-refractivity contribution in [1.29, 1.82) is 0 Å². The first-order valence-corrected chi connectivity index (χ1v) is 15.1. The lowest BCUT2D eigenvalue weighted by atomic mass is 10.00. The Balaban J connectivity index is 1.77. The van der Waals surface area contributed by atoms with E-state index in [1.165, 1.54) is 12.1 Å². The van der Waals surface area contributed by atoms with Gasteiger partial charge in [-0.1, -0.05) is 19.9 Å². The molecule has 1 unspecified atom stereocenters. The van der Waals surface area contributed by atoms with E-state index in [0.29, 0.717) is 57.0 Å². The SMILES string of the molecule is CCCN1CCC(COC)COc2cc(F)cc(c2)C[C@@H]([C@H](O)CNCc2cncc(CC)c2)NC(=O)CCCC1=O. The van der Waals surface area contributed by atoms with Gasteiger partial charge in [0.2, 0.25) is 11.8 Å². The second-order valence-corrected chi connectivity index (χ2v) is 11.1. The fourth-order valence-corrected chi connectivity index (χ4v) is 5.17. The largest absolute Gasteiger partial charge is 0.493 e. The van der Waals surface area contributed by atoms with Crippen molar-refractivity contribution in [2.45, 2.75) is 77.5 Å². The molecule has 1 aromatic heterocycles. The van der Waals surface area contributed by atoms with Crippen molar-refractivity contribution < 1.29 is 28.6 Å². The van der Waals surface area contributed by atoms with Crippen LogP contribution in [-0.4, -0.2) is 78.9 Å². The van der Waals surface area contributed by atoms with Gasteiger partial charge in [-0.3, -0.25) is 14.6 Å². The minimum Gasteiger partial charge on any atom is -0.493 e. The molecule has 1 aliphatic heterocycles. The van der Waals surface area contributed by atoms with Crippen LogP contribution in [0.5, 0.6) is 5.75 Å². The highest BCUT2D eigenvalue weighted by molar-refractivity contribution is 5.79. The number of halogens is 1. The number of carbonyl (C=O) groups is 2. The number of amides is 2. The average Bonchev–Trinajstić information content (AvgIpc) is 2.96. The number of pyridine rings is 1. The number of aryl methyl sites for hydroxylation is 1. The molecule has 9 nitrogen and oxygen atoms in total. The molecule has 232 valence electrons. The van der Waals surface area contributed by atoms with Gasteiger partial charge in [-0.05, 0) is 60.9 Å². The number of nitrogens with zero attached hydrogens (tertiary/aromatic N) is 2. The number of rotatable bonds is 10. The molecule has 2 aromatic rings. The summed E-state index contributed by atoms with van der Waals surface area (Å²) in [5.41, 5.74) is 2.73. The predicted octanol–water partition coefficient (Wildman–Crippen LogP) is 3.42. The number of methoxy groups -OCH3 is 1. The normalized spacial score (nSPS) is 20.0. The summed E-state index contributed by atoms with van der Waals surface area (Å²) in [4.78, 5) is 32.0. The Kier molecular flexibility index (Phi) is 14.1. The Morgan fingerprint density at radius 2 is 2.00 bits per heavy atom. The number of nitrogens with one attached hydrogen (secondary N) is 2. The third kappa shape index (κ3) is 11.3. The number of hydrogen-bond acceptors (Lipinski definition) is 7. The van der Waals surface area contributed by atoms with Gasteiger partial charge < -0.3 is 30.1 Å². The van der Waals surface area contributed by atoms with Crippen LogP contribution in [0.2, 0.25) is 0 Å². The van der Waals surface area contributed by atoms with Gasteiger partial charge in [-0.25, -0.2) is 4.39 Å². The standard InChI is InChI=1S/C32H47FN4O5/c1-4-10-37-11-9-24(21-41-3)22-42-28-14-25(13-27(33)16-28)15-29(36-31(39)7-6-8-32(37)40)30(38)20-35-19-26-12-23(5-2)17-34-18-26/h12-14,16-18,24,29-30,35,38H,4-11,15,19-22H2,1-3H3,(H,36,39)/t24?,29-,30+/m0/s1. The Bertz CT molecular complexity index is 1130. The zero-order valence-electron chi connectivity index (χ0n) is 25.2. The molecule has 3 atom stereocenters. The number of ether oxygens (including phenoxy) is 2. The van der Waals surface area contributed by atoms with E-state index in [9.17, 15) is 19.1 Å². The minimum atomic E-state index is -0.946. The minimum absolute atomic E-state index is 0.0154.